The molecular weight excluding hydrogens is 326 g/mol. The summed E-state index contributed by atoms with van der Waals surface area (Å²) < 4.78 is 12.4. The van der Waals surface area contributed by atoms with Gasteiger partial charge < -0.3 is 19.9 Å². The number of aliphatic hydroxyl groups excluding tert-OH is 1. The largest absolute Gasteiger partial charge is 0.389 e. The molecule has 0 aliphatic carbocycles. The predicted molar refractivity (Wildman–Crippen MR) is 103 cm³/mol. The molecule has 1 saturated heterocycles. The maximum absolute atomic E-state index is 10.5. The highest BCUT2D eigenvalue weighted by molar-refractivity contribution is 5.14. The fourth-order valence-corrected chi connectivity index (χ4v) is 3.48. The van der Waals surface area contributed by atoms with Crippen LogP contribution in [0, 0.1) is 0 Å². The van der Waals surface area contributed by atoms with Crippen LogP contribution >= 0.6 is 0 Å². The summed E-state index contributed by atoms with van der Waals surface area (Å²) in [6, 6.07) is 20.4. The molecule has 0 unspecified atom stereocenters. The molecule has 4 heteroatoms. The molecule has 2 aromatic carbocycles. The van der Waals surface area contributed by atoms with Crippen molar-refractivity contribution in [3.63, 3.8) is 0 Å². The summed E-state index contributed by atoms with van der Waals surface area (Å²) in [5.74, 6) is 0. The quantitative estimate of drug-likeness (QED) is 0.763. The molecule has 0 aromatic heterocycles. The lowest BCUT2D eigenvalue weighted by Gasteiger charge is -2.41. The second kappa shape index (κ2) is 9.83. The normalized spacial score (nSPS) is 25.9. The lowest BCUT2D eigenvalue weighted by atomic mass is 9.92. The Morgan fingerprint density at radius 2 is 1.42 bits per heavy atom. The number of rotatable bonds is 8. The SMILES string of the molecule is CCC[C@H]1NC[C@@H](O)[C@H](OCc2ccccc2)[C@H]1OCc1ccccc1. The van der Waals surface area contributed by atoms with E-state index in [0.29, 0.717) is 19.8 Å². The molecule has 0 amide bonds. The Morgan fingerprint density at radius 3 is 1.96 bits per heavy atom. The van der Waals surface area contributed by atoms with Crippen LogP contribution in [-0.4, -0.2) is 36.0 Å². The summed E-state index contributed by atoms with van der Waals surface area (Å²) in [5, 5.41) is 14.0. The van der Waals surface area contributed by atoms with E-state index in [1.807, 2.05) is 48.5 Å². The van der Waals surface area contributed by atoms with Crippen molar-refractivity contribution in [2.45, 2.75) is 57.3 Å². The Morgan fingerprint density at radius 1 is 0.885 bits per heavy atom. The van der Waals surface area contributed by atoms with Gasteiger partial charge in [-0.3, -0.25) is 0 Å². The topological polar surface area (TPSA) is 50.7 Å². The minimum Gasteiger partial charge on any atom is -0.389 e. The fraction of sp³-hybridized carbons (Fsp3) is 0.455. The number of benzene rings is 2. The molecule has 0 bridgehead atoms. The van der Waals surface area contributed by atoms with E-state index in [-0.39, 0.29) is 18.2 Å². The minimum absolute atomic E-state index is 0.178. The third kappa shape index (κ3) is 5.15. The van der Waals surface area contributed by atoms with Crippen LogP contribution in [0.5, 0.6) is 0 Å². The van der Waals surface area contributed by atoms with Gasteiger partial charge in [0.25, 0.3) is 0 Å². The maximum atomic E-state index is 10.5. The van der Waals surface area contributed by atoms with Crippen molar-refractivity contribution in [3.8, 4) is 0 Å². The summed E-state index contributed by atoms with van der Waals surface area (Å²) in [4.78, 5) is 0. The van der Waals surface area contributed by atoms with Gasteiger partial charge in [-0.1, -0.05) is 74.0 Å². The first-order valence-electron chi connectivity index (χ1n) is 9.50. The van der Waals surface area contributed by atoms with Gasteiger partial charge in [-0.15, -0.1) is 0 Å². The van der Waals surface area contributed by atoms with Gasteiger partial charge in [0.05, 0.1) is 19.3 Å². The molecule has 2 N–H and O–H groups in total. The molecule has 4 nitrogen and oxygen atoms in total. The summed E-state index contributed by atoms with van der Waals surface area (Å²) in [6.45, 7) is 3.70. The van der Waals surface area contributed by atoms with Crippen molar-refractivity contribution in [1.29, 1.82) is 0 Å². The highest BCUT2D eigenvalue weighted by Gasteiger charge is 2.39. The van der Waals surface area contributed by atoms with Gasteiger partial charge in [0.15, 0.2) is 0 Å². The number of nitrogens with one attached hydrogen (secondary N) is 1. The number of hydrogen-bond acceptors (Lipinski definition) is 4. The van der Waals surface area contributed by atoms with Gasteiger partial charge in [0, 0.05) is 12.6 Å². The molecule has 0 saturated carbocycles. The van der Waals surface area contributed by atoms with Crippen molar-refractivity contribution in [1.82, 2.24) is 5.32 Å². The van der Waals surface area contributed by atoms with Gasteiger partial charge in [-0.05, 0) is 17.5 Å². The van der Waals surface area contributed by atoms with Crippen LogP contribution in [0.25, 0.3) is 0 Å². The number of piperidine rings is 1. The smallest absolute Gasteiger partial charge is 0.113 e. The second-order valence-electron chi connectivity index (χ2n) is 6.89. The van der Waals surface area contributed by atoms with E-state index >= 15 is 0 Å². The Kier molecular flexibility index (Phi) is 7.21. The summed E-state index contributed by atoms with van der Waals surface area (Å²) >= 11 is 0. The summed E-state index contributed by atoms with van der Waals surface area (Å²) in [6.07, 6.45) is 0.966. The molecular formula is C22H29NO3. The van der Waals surface area contributed by atoms with Crippen LogP contribution in [0.1, 0.15) is 30.9 Å². The van der Waals surface area contributed by atoms with Gasteiger partial charge in [0.1, 0.15) is 12.2 Å². The fourth-order valence-electron chi connectivity index (χ4n) is 3.48. The Bertz CT molecular complexity index is 634. The molecule has 140 valence electrons. The number of β-amino-alcohol motifs (C(OH)–C–C–N with tert-alkyl or cyclic N) is 1. The lowest BCUT2D eigenvalue weighted by Crippen LogP contribution is -2.61. The van der Waals surface area contributed by atoms with Crippen LogP contribution in [-0.2, 0) is 22.7 Å². The molecule has 1 fully saturated rings. The second-order valence-corrected chi connectivity index (χ2v) is 6.89. The highest BCUT2D eigenvalue weighted by atomic mass is 16.5. The van der Waals surface area contributed by atoms with Crippen LogP contribution in [0.4, 0.5) is 0 Å². The minimum atomic E-state index is -0.576. The molecule has 1 aliphatic heterocycles. The molecule has 26 heavy (non-hydrogen) atoms. The van der Waals surface area contributed by atoms with Crippen LogP contribution in [0.3, 0.4) is 0 Å². The average molecular weight is 355 g/mol. The Balaban J connectivity index is 1.68. The molecule has 4 atom stereocenters. The number of aliphatic hydroxyl groups is 1. The van der Waals surface area contributed by atoms with Crippen molar-refractivity contribution in [2.75, 3.05) is 6.54 Å². The monoisotopic (exact) mass is 355 g/mol. The summed E-state index contributed by atoms with van der Waals surface area (Å²) in [5.41, 5.74) is 2.23. The van der Waals surface area contributed by atoms with Crippen LogP contribution in [0.15, 0.2) is 60.7 Å². The lowest BCUT2D eigenvalue weighted by molar-refractivity contribution is -0.159. The van der Waals surface area contributed by atoms with Crippen LogP contribution in [0.2, 0.25) is 0 Å². The molecule has 0 radical (unpaired) electrons. The zero-order valence-corrected chi connectivity index (χ0v) is 15.4. The van der Waals surface area contributed by atoms with Gasteiger partial charge in [-0.25, -0.2) is 0 Å². The number of ether oxygens (including phenoxy) is 2. The molecule has 2 aromatic rings. The first kappa shape index (κ1) is 19.1. The van der Waals surface area contributed by atoms with Gasteiger partial charge in [-0.2, -0.15) is 0 Å². The van der Waals surface area contributed by atoms with Crippen molar-refractivity contribution in [3.05, 3.63) is 71.8 Å². The third-order valence-corrected chi connectivity index (χ3v) is 4.86. The molecule has 1 heterocycles. The molecule has 1 aliphatic rings. The van der Waals surface area contributed by atoms with Gasteiger partial charge >= 0.3 is 0 Å². The van der Waals surface area contributed by atoms with Crippen molar-refractivity contribution < 1.29 is 14.6 Å². The van der Waals surface area contributed by atoms with E-state index in [1.54, 1.807) is 0 Å². The van der Waals surface area contributed by atoms with E-state index in [9.17, 15) is 5.11 Å². The maximum Gasteiger partial charge on any atom is 0.113 e. The highest BCUT2D eigenvalue weighted by Crippen LogP contribution is 2.23. The van der Waals surface area contributed by atoms with E-state index in [0.717, 1.165) is 24.0 Å². The standard InChI is InChI=1S/C22H29NO3/c1-2-9-19-21(25-15-17-10-5-3-6-11-17)22(20(24)14-23-19)26-16-18-12-7-4-8-13-18/h3-8,10-13,19-24H,2,9,14-16H2,1H3/t19-,20-,21+,22+/m1/s1. The molecule has 3 rings (SSSR count). The van der Waals surface area contributed by atoms with Crippen molar-refractivity contribution in [2.24, 2.45) is 0 Å². The zero-order valence-electron chi connectivity index (χ0n) is 15.4. The first-order chi connectivity index (χ1) is 12.8. The Hall–Kier alpha value is -1.72. The summed E-state index contributed by atoms with van der Waals surface area (Å²) in [7, 11) is 0. The predicted octanol–water partition coefficient (Wildman–Crippen LogP) is 3.29. The third-order valence-electron chi connectivity index (χ3n) is 4.86. The van der Waals surface area contributed by atoms with Gasteiger partial charge in [0.2, 0.25) is 0 Å². The molecule has 0 spiro atoms. The van der Waals surface area contributed by atoms with Crippen LogP contribution < -0.4 is 5.32 Å². The first-order valence-corrected chi connectivity index (χ1v) is 9.50. The number of hydrogen-bond donors (Lipinski definition) is 2. The average Bonchev–Trinajstić information content (AvgIpc) is 2.69. The van der Waals surface area contributed by atoms with E-state index in [1.165, 1.54) is 0 Å². The van der Waals surface area contributed by atoms with E-state index < -0.39 is 6.10 Å². The zero-order chi connectivity index (χ0) is 18.2. The van der Waals surface area contributed by atoms with E-state index in [4.69, 9.17) is 9.47 Å². The van der Waals surface area contributed by atoms with Crippen molar-refractivity contribution >= 4 is 0 Å². The van der Waals surface area contributed by atoms with E-state index in [2.05, 4.69) is 24.4 Å². The Labute approximate surface area is 156 Å².